The second-order valence-corrected chi connectivity index (χ2v) is 8.63. The van der Waals surface area contributed by atoms with Gasteiger partial charge >= 0.3 is 0 Å². The molecule has 0 bridgehead atoms. The van der Waals surface area contributed by atoms with Crippen molar-refractivity contribution in [3.8, 4) is 11.1 Å². The van der Waals surface area contributed by atoms with E-state index in [-0.39, 0.29) is 11.7 Å². The molecule has 1 amide bonds. The van der Waals surface area contributed by atoms with Crippen LogP contribution in [0.5, 0.6) is 0 Å². The number of carbonyl (C=O) groups is 2. The lowest BCUT2D eigenvalue weighted by molar-refractivity contribution is 0.0639. The molecule has 146 valence electrons. The number of hydrogen-bond acceptors (Lipinski definition) is 4. The standard InChI is InChI=1S/C24H22N2O2S/c27-23-21-6-2-1-5-19(21)20-8-7-17(16-22(20)23)24(28)26-13-11-25(12-14-26)10-9-18-4-3-15-29-18/h1-8,15-16H,9-14H2. The third kappa shape index (κ3) is 3.41. The zero-order chi connectivity index (χ0) is 19.8. The average molecular weight is 403 g/mol. The van der Waals surface area contributed by atoms with Crippen molar-refractivity contribution in [3.63, 3.8) is 0 Å². The van der Waals surface area contributed by atoms with E-state index in [4.69, 9.17) is 0 Å². The van der Waals surface area contributed by atoms with E-state index in [1.807, 2.05) is 41.3 Å². The highest BCUT2D eigenvalue weighted by Gasteiger charge is 2.28. The maximum Gasteiger partial charge on any atom is 0.253 e. The number of carbonyl (C=O) groups excluding carboxylic acids is 2. The fraction of sp³-hybridized carbons (Fsp3) is 0.250. The molecule has 1 aliphatic carbocycles. The predicted octanol–water partition coefficient (Wildman–Crippen LogP) is 3.96. The Balaban J connectivity index is 1.25. The molecule has 0 unspecified atom stereocenters. The molecule has 1 fully saturated rings. The number of benzene rings is 2. The van der Waals surface area contributed by atoms with Gasteiger partial charge in [0, 0.05) is 54.3 Å². The van der Waals surface area contributed by atoms with E-state index >= 15 is 0 Å². The van der Waals surface area contributed by atoms with Crippen LogP contribution in [-0.4, -0.2) is 54.2 Å². The molecule has 1 saturated heterocycles. The van der Waals surface area contributed by atoms with Gasteiger partial charge in [-0.05, 0) is 41.1 Å². The van der Waals surface area contributed by atoms with Gasteiger partial charge in [0.2, 0.25) is 0 Å². The van der Waals surface area contributed by atoms with Crippen LogP contribution >= 0.6 is 11.3 Å². The van der Waals surface area contributed by atoms with Gasteiger partial charge in [-0.1, -0.05) is 36.4 Å². The van der Waals surface area contributed by atoms with Crippen LogP contribution in [0.1, 0.15) is 31.2 Å². The van der Waals surface area contributed by atoms with Crippen LogP contribution in [0.25, 0.3) is 11.1 Å². The minimum absolute atomic E-state index is 0.0173. The third-order valence-corrected chi connectivity index (χ3v) is 6.82. The molecule has 0 saturated carbocycles. The van der Waals surface area contributed by atoms with Crippen molar-refractivity contribution in [1.29, 1.82) is 0 Å². The second-order valence-electron chi connectivity index (χ2n) is 7.60. The van der Waals surface area contributed by atoms with Crippen molar-refractivity contribution in [1.82, 2.24) is 9.80 Å². The molecular formula is C24H22N2O2S. The Morgan fingerprint density at radius 1 is 0.862 bits per heavy atom. The number of ketones is 1. The summed E-state index contributed by atoms with van der Waals surface area (Å²) < 4.78 is 0. The predicted molar refractivity (Wildman–Crippen MR) is 116 cm³/mol. The Bertz CT molecular complexity index is 1070. The number of fused-ring (bicyclic) bond motifs is 3. The van der Waals surface area contributed by atoms with Gasteiger partial charge in [-0.25, -0.2) is 0 Å². The molecule has 5 heteroatoms. The fourth-order valence-electron chi connectivity index (χ4n) is 4.24. The summed E-state index contributed by atoms with van der Waals surface area (Å²) in [5.41, 5.74) is 3.88. The number of thiophene rings is 1. The van der Waals surface area contributed by atoms with E-state index in [0.29, 0.717) is 11.1 Å². The monoisotopic (exact) mass is 402 g/mol. The van der Waals surface area contributed by atoms with Gasteiger partial charge in [0.1, 0.15) is 0 Å². The first-order chi connectivity index (χ1) is 14.2. The van der Waals surface area contributed by atoms with Crippen molar-refractivity contribution in [3.05, 3.63) is 81.5 Å². The number of piperazine rings is 1. The highest BCUT2D eigenvalue weighted by molar-refractivity contribution is 7.09. The third-order valence-electron chi connectivity index (χ3n) is 5.89. The molecule has 0 spiro atoms. The van der Waals surface area contributed by atoms with Crippen LogP contribution in [0.3, 0.4) is 0 Å². The molecule has 1 aliphatic heterocycles. The Morgan fingerprint density at radius 3 is 2.38 bits per heavy atom. The van der Waals surface area contributed by atoms with Crippen LogP contribution in [-0.2, 0) is 6.42 Å². The van der Waals surface area contributed by atoms with Gasteiger partial charge in [0.15, 0.2) is 5.78 Å². The number of nitrogens with zero attached hydrogens (tertiary/aromatic N) is 2. The molecule has 29 heavy (non-hydrogen) atoms. The van der Waals surface area contributed by atoms with Crippen LogP contribution in [0.15, 0.2) is 60.0 Å². The highest BCUT2D eigenvalue weighted by atomic mass is 32.1. The summed E-state index contributed by atoms with van der Waals surface area (Å²) in [7, 11) is 0. The van der Waals surface area contributed by atoms with E-state index in [1.54, 1.807) is 17.4 Å². The highest BCUT2D eigenvalue weighted by Crippen LogP contribution is 2.36. The largest absolute Gasteiger partial charge is 0.336 e. The minimum Gasteiger partial charge on any atom is -0.336 e. The molecule has 0 N–H and O–H groups in total. The molecule has 0 radical (unpaired) electrons. The van der Waals surface area contributed by atoms with Gasteiger partial charge in [-0.2, -0.15) is 0 Å². The molecule has 2 aromatic carbocycles. The smallest absolute Gasteiger partial charge is 0.253 e. The SMILES string of the molecule is O=C1c2ccccc2-c2ccc(C(=O)N3CCN(CCc4cccs4)CC3)cc21. The van der Waals surface area contributed by atoms with Crippen LogP contribution in [0, 0.1) is 0 Å². The van der Waals surface area contributed by atoms with E-state index in [1.165, 1.54) is 4.88 Å². The molecular weight excluding hydrogens is 380 g/mol. The maximum atomic E-state index is 13.0. The van der Waals surface area contributed by atoms with E-state index < -0.39 is 0 Å². The van der Waals surface area contributed by atoms with E-state index in [9.17, 15) is 9.59 Å². The number of amides is 1. The summed E-state index contributed by atoms with van der Waals surface area (Å²) in [6.07, 6.45) is 1.07. The molecule has 5 rings (SSSR count). The van der Waals surface area contributed by atoms with E-state index in [2.05, 4.69) is 22.4 Å². The van der Waals surface area contributed by atoms with Gasteiger partial charge < -0.3 is 4.90 Å². The minimum atomic E-state index is 0.0173. The fourth-order valence-corrected chi connectivity index (χ4v) is 4.94. The summed E-state index contributed by atoms with van der Waals surface area (Å²) in [6, 6.07) is 17.5. The topological polar surface area (TPSA) is 40.6 Å². The summed E-state index contributed by atoms with van der Waals surface area (Å²) in [5.74, 6) is 0.0399. The van der Waals surface area contributed by atoms with Crippen molar-refractivity contribution < 1.29 is 9.59 Å². The zero-order valence-electron chi connectivity index (χ0n) is 16.1. The van der Waals surface area contributed by atoms with E-state index in [0.717, 1.165) is 55.8 Å². The Morgan fingerprint density at radius 2 is 1.62 bits per heavy atom. The molecule has 0 atom stereocenters. The van der Waals surface area contributed by atoms with Crippen LogP contribution in [0.2, 0.25) is 0 Å². The van der Waals surface area contributed by atoms with Crippen LogP contribution in [0.4, 0.5) is 0 Å². The van der Waals surface area contributed by atoms with Crippen molar-refractivity contribution in [2.45, 2.75) is 6.42 Å². The van der Waals surface area contributed by atoms with Gasteiger partial charge in [-0.3, -0.25) is 14.5 Å². The lowest BCUT2D eigenvalue weighted by Crippen LogP contribution is -2.49. The summed E-state index contributed by atoms with van der Waals surface area (Å²) in [5, 5.41) is 2.12. The van der Waals surface area contributed by atoms with Crippen molar-refractivity contribution in [2.24, 2.45) is 0 Å². The molecule has 2 aliphatic rings. The lowest BCUT2D eigenvalue weighted by atomic mass is 10.0. The van der Waals surface area contributed by atoms with Crippen molar-refractivity contribution in [2.75, 3.05) is 32.7 Å². The average Bonchev–Trinajstić information content (AvgIpc) is 3.39. The molecule has 4 nitrogen and oxygen atoms in total. The first kappa shape index (κ1) is 18.3. The normalized spacial score (nSPS) is 16.0. The Hall–Kier alpha value is -2.76. The summed E-state index contributed by atoms with van der Waals surface area (Å²) in [6.45, 7) is 4.29. The van der Waals surface area contributed by atoms with Crippen LogP contribution < -0.4 is 0 Å². The maximum absolute atomic E-state index is 13.0. The first-order valence-corrected chi connectivity index (χ1v) is 10.9. The number of hydrogen-bond donors (Lipinski definition) is 0. The quantitative estimate of drug-likeness (QED) is 0.519. The zero-order valence-corrected chi connectivity index (χ0v) is 17.0. The second kappa shape index (κ2) is 7.58. The van der Waals surface area contributed by atoms with Gasteiger partial charge in [0.05, 0.1) is 0 Å². The molecule has 1 aromatic heterocycles. The number of rotatable bonds is 4. The Kier molecular flexibility index (Phi) is 4.78. The van der Waals surface area contributed by atoms with Gasteiger partial charge in [0.25, 0.3) is 5.91 Å². The Labute approximate surface area is 174 Å². The lowest BCUT2D eigenvalue weighted by Gasteiger charge is -2.34. The molecule has 3 aromatic rings. The first-order valence-electron chi connectivity index (χ1n) is 10.0. The van der Waals surface area contributed by atoms with Crippen molar-refractivity contribution >= 4 is 23.0 Å². The summed E-state index contributed by atoms with van der Waals surface area (Å²) in [4.78, 5) is 31.5. The molecule has 2 heterocycles. The summed E-state index contributed by atoms with van der Waals surface area (Å²) >= 11 is 1.80. The van der Waals surface area contributed by atoms with Gasteiger partial charge in [-0.15, -0.1) is 11.3 Å².